The molecule has 1 aromatic rings. The normalized spacial score (nSPS) is 24.8. The molecule has 4 nitrogen and oxygen atoms in total. The summed E-state index contributed by atoms with van der Waals surface area (Å²) in [6.07, 6.45) is 7.69. The smallest absolute Gasteiger partial charge is 0.193 e. The first-order chi connectivity index (χ1) is 11.2. The fraction of sp³-hybridized carbons (Fsp3) is 0.778. The van der Waals surface area contributed by atoms with Crippen LogP contribution < -0.4 is 5.32 Å². The molecule has 0 radical (unpaired) electrons. The molecule has 0 bridgehead atoms. The largest absolute Gasteiger partial charge is 0.356 e. The van der Waals surface area contributed by atoms with Gasteiger partial charge in [0.1, 0.15) is 0 Å². The Morgan fingerprint density at radius 3 is 2.57 bits per heavy atom. The van der Waals surface area contributed by atoms with Crippen molar-refractivity contribution in [3.63, 3.8) is 0 Å². The highest BCUT2D eigenvalue weighted by Gasteiger charge is 2.35. The number of hydrogen-bond acceptors (Lipinski definition) is 3. The van der Waals surface area contributed by atoms with Crippen LogP contribution in [-0.4, -0.2) is 42.5 Å². The monoisotopic (exact) mass is 334 g/mol. The van der Waals surface area contributed by atoms with Crippen LogP contribution >= 0.6 is 11.3 Å². The number of thiazole rings is 1. The number of aryl methyl sites for hydroxylation is 2. The Kier molecular flexibility index (Phi) is 5.57. The molecular weight excluding hydrogens is 304 g/mol. The van der Waals surface area contributed by atoms with E-state index >= 15 is 0 Å². The van der Waals surface area contributed by atoms with Crippen LogP contribution in [0.1, 0.15) is 48.2 Å². The van der Waals surface area contributed by atoms with E-state index in [1.165, 1.54) is 54.4 Å². The summed E-state index contributed by atoms with van der Waals surface area (Å²) < 4.78 is 0. The van der Waals surface area contributed by atoms with E-state index in [0.717, 1.165) is 37.2 Å². The van der Waals surface area contributed by atoms with Gasteiger partial charge in [-0.1, -0.05) is 19.8 Å². The minimum Gasteiger partial charge on any atom is -0.356 e. The quantitative estimate of drug-likeness (QED) is 0.679. The molecule has 2 atom stereocenters. The molecule has 128 valence electrons. The van der Waals surface area contributed by atoms with Gasteiger partial charge in [0, 0.05) is 38.0 Å². The number of rotatable bonds is 4. The Morgan fingerprint density at radius 1 is 1.30 bits per heavy atom. The third-order valence-electron chi connectivity index (χ3n) is 5.38. The van der Waals surface area contributed by atoms with Crippen molar-refractivity contribution in [2.75, 3.05) is 26.7 Å². The number of nitrogens with one attached hydrogen (secondary N) is 1. The molecule has 1 aromatic heterocycles. The number of likely N-dealkylation sites (tertiary alicyclic amines) is 1. The van der Waals surface area contributed by atoms with Gasteiger partial charge in [0.25, 0.3) is 0 Å². The fourth-order valence-corrected chi connectivity index (χ4v) is 5.14. The van der Waals surface area contributed by atoms with E-state index in [2.05, 4.69) is 29.1 Å². The van der Waals surface area contributed by atoms with Crippen molar-refractivity contribution in [3.8, 4) is 0 Å². The van der Waals surface area contributed by atoms with Gasteiger partial charge in [-0.15, -0.1) is 11.3 Å². The van der Waals surface area contributed by atoms with Crippen molar-refractivity contribution in [2.45, 2.75) is 52.4 Å². The van der Waals surface area contributed by atoms with Gasteiger partial charge in [0.2, 0.25) is 0 Å². The molecule has 0 amide bonds. The van der Waals surface area contributed by atoms with Crippen LogP contribution in [0, 0.1) is 18.8 Å². The van der Waals surface area contributed by atoms with Crippen LogP contribution in [0.2, 0.25) is 0 Å². The molecule has 2 unspecified atom stereocenters. The van der Waals surface area contributed by atoms with E-state index < -0.39 is 0 Å². The molecule has 1 saturated carbocycles. The number of hydrogen-bond donors (Lipinski definition) is 1. The van der Waals surface area contributed by atoms with Crippen LogP contribution in [0.15, 0.2) is 4.99 Å². The summed E-state index contributed by atoms with van der Waals surface area (Å²) in [7, 11) is 1.91. The van der Waals surface area contributed by atoms with Crippen LogP contribution in [0.5, 0.6) is 0 Å². The van der Waals surface area contributed by atoms with Crippen LogP contribution in [-0.2, 0) is 12.8 Å². The molecule has 2 aliphatic rings. The fourth-order valence-electron chi connectivity index (χ4n) is 4.11. The summed E-state index contributed by atoms with van der Waals surface area (Å²) in [6.45, 7) is 7.67. The number of guanidine groups is 1. The van der Waals surface area contributed by atoms with Gasteiger partial charge in [-0.25, -0.2) is 4.98 Å². The number of aromatic nitrogens is 1. The molecule has 3 rings (SSSR count). The summed E-state index contributed by atoms with van der Waals surface area (Å²) >= 11 is 1.84. The minimum atomic E-state index is 0.899. The number of aliphatic imine (C=N–C) groups is 1. The second-order valence-electron chi connectivity index (χ2n) is 6.90. The third-order valence-corrected chi connectivity index (χ3v) is 6.45. The van der Waals surface area contributed by atoms with Crippen molar-refractivity contribution in [1.29, 1.82) is 0 Å². The summed E-state index contributed by atoms with van der Waals surface area (Å²) in [5.41, 5.74) is 1.26. The SMILES string of the molecule is CCc1nc(CCNC(=NC)N2CC3CCCCC3C2)sc1C. The van der Waals surface area contributed by atoms with Crippen molar-refractivity contribution < 1.29 is 0 Å². The van der Waals surface area contributed by atoms with E-state index in [1.807, 2.05) is 18.4 Å². The second-order valence-corrected chi connectivity index (χ2v) is 8.19. The average Bonchev–Trinajstić information content (AvgIpc) is 3.14. The molecular formula is C18H30N4S. The van der Waals surface area contributed by atoms with E-state index in [9.17, 15) is 0 Å². The maximum atomic E-state index is 4.73. The lowest BCUT2D eigenvalue weighted by atomic mass is 9.82. The Labute approximate surface area is 144 Å². The standard InChI is InChI=1S/C18H30N4S/c1-4-16-13(2)23-17(21-16)9-10-20-18(19-3)22-11-14-7-5-6-8-15(14)12-22/h14-15H,4-12H2,1-3H3,(H,19,20). The molecule has 0 spiro atoms. The predicted octanol–water partition coefficient (Wildman–Crippen LogP) is 3.25. The number of fused-ring (bicyclic) bond motifs is 1. The lowest BCUT2D eigenvalue weighted by Crippen LogP contribution is -2.41. The lowest BCUT2D eigenvalue weighted by Gasteiger charge is -2.22. The summed E-state index contributed by atoms with van der Waals surface area (Å²) in [5, 5.41) is 4.81. The molecule has 2 fully saturated rings. The Balaban J connectivity index is 1.50. The maximum absolute atomic E-state index is 4.73. The first-order valence-corrected chi connectivity index (χ1v) is 9.93. The van der Waals surface area contributed by atoms with E-state index in [4.69, 9.17) is 4.98 Å². The first kappa shape index (κ1) is 16.7. The van der Waals surface area contributed by atoms with Gasteiger partial charge in [0.15, 0.2) is 5.96 Å². The third kappa shape index (κ3) is 3.87. The van der Waals surface area contributed by atoms with Gasteiger partial charge in [-0.05, 0) is 38.0 Å². The van der Waals surface area contributed by atoms with Gasteiger partial charge in [0.05, 0.1) is 10.7 Å². The average molecular weight is 335 g/mol. The van der Waals surface area contributed by atoms with Gasteiger partial charge in [-0.3, -0.25) is 4.99 Å². The Morgan fingerprint density at radius 2 is 2.00 bits per heavy atom. The summed E-state index contributed by atoms with van der Waals surface area (Å²) in [4.78, 5) is 13.1. The van der Waals surface area contributed by atoms with Crippen LogP contribution in [0.3, 0.4) is 0 Å². The Hall–Kier alpha value is -1.10. The van der Waals surface area contributed by atoms with Gasteiger partial charge < -0.3 is 10.2 Å². The molecule has 1 aliphatic carbocycles. The highest BCUT2D eigenvalue weighted by atomic mass is 32.1. The molecule has 1 N–H and O–H groups in total. The number of nitrogens with zero attached hydrogens (tertiary/aromatic N) is 3. The zero-order valence-corrected chi connectivity index (χ0v) is 15.6. The molecule has 5 heteroatoms. The predicted molar refractivity (Wildman–Crippen MR) is 98.3 cm³/mol. The van der Waals surface area contributed by atoms with Crippen molar-refractivity contribution in [1.82, 2.24) is 15.2 Å². The Bertz CT molecular complexity index is 537. The molecule has 1 aliphatic heterocycles. The summed E-state index contributed by atoms with van der Waals surface area (Å²) in [6, 6.07) is 0. The first-order valence-electron chi connectivity index (χ1n) is 9.12. The molecule has 0 aromatic carbocycles. The second kappa shape index (κ2) is 7.65. The van der Waals surface area contributed by atoms with E-state index in [-0.39, 0.29) is 0 Å². The molecule has 1 saturated heterocycles. The van der Waals surface area contributed by atoms with Gasteiger partial charge >= 0.3 is 0 Å². The van der Waals surface area contributed by atoms with Crippen LogP contribution in [0.25, 0.3) is 0 Å². The lowest BCUT2D eigenvalue weighted by molar-refractivity contribution is 0.299. The van der Waals surface area contributed by atoms with E-state index in [1.54, 1.807) is 0 Å². The summed E-state index contributed by atoms with van der Waals surface area (Å²) in [5.74, 6) is 2.88. The minimum absolute atomic E-state index is 0.899. The van der Waals surface area contributed by atoms with E-state index in [0.29, 0.717) is 0 Å². The van der Waals surface area contributed by atoms with Crippen LogP contribution in [0.4, 0.5) is 0 Å². The van der Waals surface area contributed by atoms with Crippen molar-refractivity contribution in [3.05, 3.63) is 15.6 Å². The van der Waals surface area contributed by atoms with Crippen molar-refractivity contribution in [2.24, 2.45) is 16.8 Å². The molecule has 23 heavy (non-hydrogen) atoms. The van der Waals surface area contributed by atoms with Crippen molar-refractivity contribution >= 4 is 17.3 Å². The molecule has 2 heterocycles. The zero-order valence-electron chi connectivity index (χ0n) is 14.8. The highest BCUT2D eigenvalue weighted by Crippen LogP contribution is 2.35. The van der Waals surface area contributed by atoms with Gasteiger partial charge in [-0.2, -0.15) is 0 Å². The maximum Gasteiger partial charge on any atom is 0.193 e. The highest BCUT2D eigenvalue weighted by molar-refractivity contribution is 7.11. The zero-order chi connectivity index (χ0) is 16.2. The topological polar surface area (TPSA) is 40.5 Å².